The fourth-order valence-electron chi connectivity index (χ4n) is 5.20. The second-order valence-electron chi connectivity index (χ2n) is 9.83. The van der Waals surface area contributed by atoms with Crippen molar-refractivity contribution in [2.75, 3.05) is 19.6 Å². The Morgan fingerprint density at radius 2 is 1.67 bits per heavy atom. The Kier molecular flexibility index (Phi) is 7.44. The summed E-state index contributed by atoms with van der Waals surface area (Å²) < 4.78 is 31.1. The van der Waals surface area contributed by atoms with Crippen LogP contribution in [0.4, 0.5) is 0 Å². The van der Waals surface area contributed by atoms with Crippen LogP contribution in [-0.4, -0.2) is 37.9 Å². The van der Waals surface area contributed by atoms with Gasteiger partial charge in [-0.2, -0.15) is 8.42 Å². The van der Waals surface area contributed by atoms with Crippen LogP contribution in [0.1, 0.15) is 48.3 Å². The van der Waals surface area contributed by atoms with E-state index in [1.165, 1.54) is 37.1 Å². The van der Waals surface area contributed by atoms with E-state index in [9.17, 15) is 8.42 Å². The third kappa shape index (κ3) is 5.66. The van der Waals surface area contributed by atoms with Crippen molar-refractivity contribution in [3.63, 3.8) is 0 Å². The number of piperidine rings is 1. The molecule has 2 heterocycles. The number of unbranched alkanes of at least 4 members (excludes halogenated alkanes) is 1. The van der Waals surface area contributed by atoms with Crippen molar-refractivity contribution in [1.82, 2.24) is 9.88 Å². The number of aromatic amines is 1. The van der Waals surface area contributed by atoms with Gasteiger partial charge >= 0.3 is 10.1 Å². The Hall–Kier alpha value is -3.09. The Morgan fingerprint density at radius 3 is 2.42 bits per heavy atom. The Bertz CT molecular complexity index is 1390. The van der Waals surface area contributed by atoms with Crippen LogP contribution in [0.5, 0.6) is 5.75 Å². The lowest BCUT2D eigenvalue weighted by Crippen LogP contribution is -2.33. The van der Waals surface area contributed by atoms with Crippen molar-refractivity contribution >= 4 is 21.0 Å². The summed E-state index contributed by atoms with van der Waals surface area (Å²) in [6.07, 6.45) is 7.66. The topological polar surface area (TPSA) is 62.4 Å². The average molecular weight is 503 g/mol. The molecule has 1 fully saturated rings. The summed E-state index contributed by atoms with van der Waals surface area (Å²) >= 11 is 0. The maximum Gasteiger partial charge on any atom is 0.339 e. The summed E-state index contributed by atoms with van der Waals surface area (Å²) in [5.41, 5.74) is 4.41. The van der Waals surface area contributed by atoms with Gasteiger partial charge in [0.2, 0.25) is 0 Å². The molecule has 1 N–H and O–H groups in total. The van der Waals surface area contributed by atoms with Crippen molar-refractivity contribution in [2.45, 2.75) is 49.8 Å². The number of para-hydroxylation sites is 1. The van der Waals surface area contributed by atoms with Crippen LogP contribution in [0.25, 0.3) is 10.9 Å². The maximum atomic E-state index is 12.8. The van der Waals surface area contributed by atoms with Crippen molar-refractivity contribution in [3.05, 3.63) is 95.7 Å². The predicted molar refractivity (Wildman–Crippen MR) is 145 cm³/mol. The summed E-state index contributed by atoms with van der Waals surface area (Å²) in [5, 5.41) is 1.02. The molecule has 0 amide bonds. The highest BCUT2D eigenvalue weighted by Crippen LogP contribution is 2.31. The minimum Gasteiger partial charge on any atom is -0.377 e. The van der Waals surface area contributed by atoms with Crippen molar-refractivity contribution in [2.24, 2.45) is 0 Å². The van der Waals surface area contributed by atoms with Gasteiger partial charge in [0, 0.05) is 11.6 Å². The summed E-state index contributed by atoms with van der Waals surface area (Å²) in [6, 6.07) is 23.2. The van der Waals surface area contributed by atoms with E-state index in [2.05, 4.69) is 40.2 Å². The average Bonchev–Trinajstić information content (AvgIpc) is 3.32. The molecule has 4 aromatic rings. The molecular weight excluding hydrogens is 468 g/mol. The molecule has 0 radical (unpaired) electrons. The summed E-state index contributed by atoms with van der Waals surface area (Å²) in [4.78, 5) is 6.00. The Balaban J connectivity index is 1.15. The molecule has 1 aliphatic rings. The second kappa shape index (κ2) is 10.9. The van der Waals surface area contributed by atoms with E-state index in [-0.39, 0.29) is 4.90 Å². The van der Waals surface area contributed by atoms with E-state index in [1.54, 1.807) is 30.3 Å². The molecule has 36 heavy (non-hydrogen) atoms. The van der Waals surface area contributed by atoms with E-state index < -0.39 is 10.1 Å². The highest BCUT2D eigenvalue weighted by molar-refractivity contribution is 7.87. The first kappa shape index (κ1) is 24.6. The number of nitrogens with zero attached hydrogens (tertiary/aromatic N) is 1. The van der Waals surface area contributed by atoms with Gasteiger partial charge in [0.1, 0.15) is 4.90 Å². The number of rotatable bonds is 9. The number of nitrogens with one attached hydrogen (secondary N) is 1. The van der Waals surface area contributed by atoms with Gasteiger partial charge < -0.3 is 14.1 Å². The third-order valence-corrected chi connectivity index (χ3v) is 8.55. The lowest BCUT2D eigenvalue weighted by atomic mass is 9.89. The van der Waals surface area contributed by atoms with Crippen molar-refractivity contribution < 1.29 is 12.6 Å². The molecule has 1 aliphatic heterocycles. The standard InChI is InChI=1S/C30H34N2O3S/c1-23-13-15-27(16-14-23)36(33,34)35-29-12-7-11-28-26(22-31-30(28)29)10-5-6-19-32-20-17-25(18-21-32)24-8-3-2-4-9-24/h2-4,7-9,11-16,22,25,31H,5-6,10,17-21H2,1H3. The normalized spacial score (nSPS) is 15.4. The van der Waals surface area contributed by atoms with Gasteiger partial charge in [0.25, 0.3) is 0 Å². The summed E-state index contributed by atoms with van der Waals surface area (Å²) in [5.74, 6) is 1.03. The largest absolute Gasteiger partial charge is 0.377 e. The molecule has 0 bridgehead atoms. The lowest BCUT2D eigenvalue weighted by Gasteiger charge is -2.32. The SMILES string of the molecule is Cc1ccc(S(=O)(=O)Oc2cccc3c(CCCCN4CCC(c5ccccc5)CC4)c[nH]c23)cc1. The molecule has 0 atom stereocenters. The first-order valence-corrected chi connectivity index (χ1v) is 14.3. The van der Waals surface area contributed by atoms with E-state index in [0.29, 0.717) is 11.7 Å². The smallest absolute Gasteiger partial charge is 0.339 e. The van der Waals surface area contributed by atoms with Crippen LogP contribution in [0.2, 0.25) is 0 Å². The quantitative estimate of drug-likeness (QED) is 0.211. The highest BCUT2D eigenvalue weighted by Gasteiger charge is 2.21. The molecule has 0 saturated carbocycles. The highest BCUT2D eigenvalue weighted by atomic mass is 32.2. The van der Waals surface area contributed by atoms with Crippen molar-refractivity contribution in [1.29, 1.82) is 0 Å². The number of aromatic nitrogens is 1. The van der Waals surface area contributed by atoms with E-state index in [1.807, 2.05) is 25.3 Å². The van der Waals surface area contributed by atoms with Crippen LogP contribution in [0.15, 0.2) is 83.9 Å². The zero-order valence-electron chi connectivity index (χ0n) is 20.8. The van der Waals surface area contributed by atoms with E-state index in [4.69, 9.17) is 4.18 Å². The molecule has 3 aromatic carbocycles. The summed E-state index contributed by atoms with van der Waals surface area (Å²) in [7, 11) is -3.89. The number of fused-ring (bicyclic) bond motifs is 1. The van der Waals surface area contributed by atoms with Gasteiger partial charge in [-0.05, 0) is 93.9 Å². The first-order chi connectivity index (χ1) is 17.5. The van der Waals surface area contributed by atoms with Gasteiger partial charge in [0.05, 0.1) is 5.52 Å². The molecule has 1 aromatic heterocycles. The maximum absolute atomic E-state index is 12.8. The molecule has 0 unspecified atom stereocenters. The molecule has 5 nitrogen and oxygen atoms in total. The number of benzene rings is 3. The third-order valence-electron chi connectivity index (χ3n) is 7.30. The van der Waals surface area contributed by atoms with Gasteiger partial charge in [0.15, 0.2) is 5.75 Å². The molecule has 0 aliphatic carbocycles. The Labute approximate surface area is 214 Å². The minimum absolute atomic E-state index is 0.157. The van der Waals surface area contributed by atoms with E-state index in [0.717, 1.165) is 42.3 Å². The monoisotopic (exact) mass is 502 g/mol. The second-order valence-corrected chi connectivity index (χ2v) is 11.4. The number of hydrogen-bond donors (Lipinski definition) is 1. The molecule has 5 rings (SSSR count). The summed E-state index contributed by atoms with van der Waals surface area (Å²) in [6.45, 7) is 5.39. The van der Waals surface area contributed by atoms with Gasteiger partial charge in [-0.15, -0.1) is 0 Å². The number of H-pyrrole nitrogens is 1. The van der Waals surface area contributed by atoms with Crippen molar-refractivity contribution in [3.8, 4) is 5.75 Å². The zero-order valence-corrected chi connectivity index (χ0v) is 21.6. The fraction of sp³-hybridized carbons (Fsp3) is 0.333. The molecule has 6 heteroatoms. The number of likely N-dealkylation sites (tertiary alicyclic amines) is 1. The molecular formula is C30H34N2O3S. The minimum atomic E-state index is -3.89. The predicted octanol–water partition coefficient (Wildman–Crippen LogP) is 6.45. The molecule has 1 saturated heterocycles. The Morgan fingerprint density at radius 1 is 0.917 bits per heavy atom. The zero-order chi connectivity index (χ0) is 25.0. The van der Waals surface area contributed by atoms with Gasteiger partial charge in [-0.1, -0.05) is 60.2 Å². The first-order valence-electron chi connectivity index (χ1n) is 12.9. The van der Waals surface area contributed by atoms with Crippen LogP contribution in [0.3, 0.4) is 0 Å². The van der Waals surface area contributed by atoms with Gasteiger partial charge in [-0.25, -0.2) is 0 Å². The fourth-order valence-corrected chi connectivity index (χ4v) is 6.14. The van der Waals surface area contributed by atoms with Crippen LogP contribution in [0, 0.1) is 6.92 Å². The lowest BCUT2D eigenvalue weighted by molar-refractivity contribution is 0.209. The van der Waals surface area contributed by atoms with E-state index >= 15 is 0 Å². The number of hydrogen-bond acceptors (Lipinski definition) is 4. The van der Waals surface area contributed by atoms with Gasteiger partial charge in [-0.3, -0.25) is 0 Å². The molecule has 0 spiro atoms. The van der Waals surface area contributed by atoms with Crippen LogP contribution in [-0.2, 0) is 16.5 Å². The molecule has 188 valence electrons. The van der Waals surface area contributed by atoms with Crippen LogP contribution >= 0.6 is 0 Å². The van der Waals surface area contributed by atoms with Crippen LogP contribution < -0.4 is 4.18 Å². The number of aryl methyl sites for hydroxylation is 2.